The fourth-order valence-electron chi connectivity index (χ4n) is 1.20. The van der Waals surface area contributed by atoms with E-state index in [2.05, 4.69) is 5.32 Å². The maximum absolute atomic E-state index is 13.4. The molecule has 8 heteroatoms. The third-order valence-corrected chi connectivity index (χ3v) is 2.35. The van der Waals surface area contributed by atoms with Crippen molar-refractivity contribution in [2.75, 3.05) is 13.1 Å². The summed E-state index contributed by atoms with van der Waals surface area (Å²) in [6, 6.07) is 3.74. The van der Waals surface area contributed by atoms with Gasteiger partial charge in [0.2, 0.25) is 5.91 Å². The number of carboxylic acid groups (broad SMARTS) is 1. The molecule has 0 heterocycles. The van der Waals surface area contributed by atoms with Gasteiger partial charge >= 0.3 is 5.97 Å². The first-order valence-electron chi connectivity index (χ1n) is 5.12. The normalized spacial score (nSPS) is 9.79. The van der Waals surface area contributed by atoms with E-state index in [9.17, 15) is 18.8 Å². The monoisotopic (exact) mass is 288 g/mol. The number of benzene rings is 1. The number of aliphatic carboxylic acids is 1. The summed E-state index contributed by atoms with van der Waals surface area (Å²) in [5.41, 5.74) is -0.366. The van der Waals surface area contributed by atoms with E-state index < -0.39 is 36.7 Å². The molecule has 2 amide bonds. The standard InChI is InChI=1S/C11H10ClFN2O4/c12-6-2-1-3-7(13)10(6)11(19)15-4-8(16)14-5-9(17)18/h1-3H,4-5H2,(H,14,16)(H,15,19)(H,17,18). The lowest BCUT2D eigenvalue weighted by Gasteiger charge is -2.07. The van der Waals surface area contributed by atoms with Gasteiger partial charge in [0.25, 0.3) is 5.91 Å². The molecule has 1 aromatic carbocycles. The maximum atomic E-state index is 13.4. The number of amides is 2. The third kappa shape index (κ3) is 4.55. The molecule has 0 aliphatic carbocycles. The summed E-state index contributed by atoms with van der Waals surface area (Å²) >= 11 is 5.66. The van der Waals surface area contributed by atoms with E-state index in [1.165, 1.54) is 12.1 Å². The first-order valence-corrected chi connectivity index (χ1v) is 5.50. The molecule has 1 aromatic rings. The molecule has 0 spiro atoms. The molecule has 0 radical (unpaired) electrons. The van der Waals surface area contributed by atoms with Crippen LogP contribution in [-0.4, -0.2) is 36.0 Å². The van der Waals surface area contributed by atoms with Crippen molar-refractivity contribution in [1.82, 2.24) is 10.6 Å². The molecule has 0 saturated carbocycles. The molecule has 1 rings (SSSR count). The number of halogens is 2. The van der Waals surface area contributed by atoms with Gasteiger partial charge in [-0.05, 0) is 12.1 Å². The molecular formula is C11H10ClFN2O4. The van der Waals surface area contributed by atoms with Crippen molar-refractivity contribution in [2.45, 2.75) is 0 Å². The smallest absolute Gasteiger partial charge is 0.322 e. The van der Waals surface area contributed by atoms with Crippen LogP contribution in [0, 0.1) is 5.82 Å². The molecule has 0 aliphatic rings. The van der Waals surface area contributed by atoms with E-state index in [1.54, 1.807) is 0 Å². The number of carbonyl (C=O) groups excluding carboxylic acids is 2. The Kier molecular flexibility index (Phi) is 5.25. The summed E-state index contributed by atoms with van der Waals surface area (Å²) in [5, 5.41) is 12.4. The highest BCUT2D eigenvalue weighted by Gasteiger charge is 2.16. The van der Waals surface area contributed by atoms with E-state index in [0.29, 0.717) is 0 Å². The molecule has 102 valence electrons. The van der Waals surface area contributed by atoms with Gasteiger partial charge in [-0.15, -0.1) is 0 Å². The predicted octanol–water partition coefficient (Wildman–Crippen LogP) is 0.410. The number of carbonyl (C=O) groups is 3. The quantitative estimate of drug-likeness (QED) is 0.731. The summed E-state index contributed by atoms with van der Waals surface area (Å²) in [4.78, 5) is 32.9. The molecule has 0 aromatic heterocycles. The van der Waals surface area contributed by atoms with Crippen LogP contribution >= 0.6 is 11.6 Å². The van der Waals surface area contributed by atoms with Crippen molar-refractivity contribution in [2.24, 2.45) is 0 Å². The van der Waals surface area contributed by atoms with Gasteiger partial charge < -0.3 is 15.7 Å². The molecule has 0 bridgehead atoms. The molecule has 6 nitrogen and oxygen atoms in total. The lowest BCUT2D eigenvalue weighted by molar-refractivity contribution is -0.137. The highest BCUT2D eigenvalue weighted by molar-refractivity contribution is 6.33. The first kappa shape index (κ1) is 14.9. The summed E-state index contributed by atoms with van der Waals surface area (Å²) < 4.78 is 13.4. The maximum Gasteiger partial charge on any atom is 0.322 e. The SMILES string of the molecule is O=C(O)CNC(=O)CNC(=O)c1c(F)cccc1Cl. The summed E-state index contributed by atoms with van der Waals surface area (Å²) in [6.07, 6.45) is 0. The van der Waals surface area contributed by atoms with Crippen molar-refractivity contribution in [3.8, 4) is 0 Å². The Morgan fingerprint density at radius 2 is 1.89 bits per heavy atom. The van der Waals surface area contributed by atoms with Crippen LogP contribution in [0.4, 0.5) is 4.39 Å². The molecule has 0 unspecified atom stereocenters. The topological polar surface area (TPSA) is 95.5 Å². The summed E-state index contributed by atoms with van der Waals surface area (Å²) in [6.45, 7) is -1.04. The van der Waals surface area contributed by atoms with E-state index in [-0.39, 0.29) is 10.6 Å². The van der Waals surface area contributed by atoms with E-state index in [0.717, 1.165) is 6.07 Å². The van der Waals surface area contributed by atoms with Gasteiger partial charge in [-0.2, -0.15) is 0 Å². The fraction of sp³-hybridized carbons (Fsp3) is 0.182. The third-order valence-electron chi connectivity index (χ3n) is 2.04. The fourth-order valence-corrected chi connectivity index (χ4v) is 1.45. The number of hydrogen-bond acceptors (Lipinski definition) is 3. The molecule has 19 heavy (non-hydrogen) atoms. The summed E-state index contributed by atoms with van der Waals surface area (Å²) in [7, 11) is 0. The van der Waals surface area contributed by atoms with Gasteiger partial charge in [-0.1, -0.05) is 17.7 Å². The lowest BCUT2D eigenvalue weighted by Crippen LogP contribution is -2.39. The van der Waals surface area contributed by atoms with Crippen LogP contribution in [-0.2, 0) is 9.59 Å². The highest BCUT2D eigenvalue weighted by Crippen LogP contribution is 2.18. The van der Waals surface area contributed by atoms with Gasteiger partial charge in [0.15, 0.2) is 0 Å². The van der Waals surface area contributed by atoms with Crippen molar-refractivity contribution in [1.29, 1.82) is 0 Å². The van der Waals surface area contributed by atoms with Crippen LogP contribution in [0.5, 0.6) is 0 Å². The molecule has 3 N–H and O–H groups in total. The van der Waals surface area contributed by atoms with Crippen LogP contribution < -0.4 is 10.6 Å². The lowest BCUT2D eigenvalue weighted by atomic mass is 10.2. The number of hydrogen-bond donors (Lipinski definition) is 3. The van der Waals surface area contributed by atoms with Crippen molar-refractivity contribution < 1.29 is 23.9 Å². The first-order chi connectivity index (χ1) is 8.91. The van der Waals surface area contributed by atoms with Crippen molar-refractivity contribution >= 4 is 29.4 Å². The van der Waals surface area contributed by atoms with E-state index >= 15 is 0 Å². The Morgan fingerprint density at radius 3 is 2.47 bits per heavy atom. The average molecular weight is 289 g/mol. The van der Waals surface area contributed by atoms with Gasteiger partial charge in [-0.25, -0.2) is 4.39 Å². The number of carboxylic acids is 1. The van der Waals surface area contributed by atoms with Gasteiger partial charge in [0.05, 0.1) is 17.1 Å². The van der Waals surface area contributed by atoms with E-state index in [4.69, 9.17) is 16.7 Å². The molecular weight excluding hydrogens is 279 g/mol. The molecule has 0 fully saturated rings. The van der Waals surface area contributed by atoms with Crippen LogP contribution in [0.2, 0.25) is 5.02 Å². The van der Waals surface area contributed by atoms with Gasteiger partial charge in [0.1, 0.15) is 12.4 Å². The number of rotatable bonds is 5. The minimum absolute atomic E-state index is 0.0801. The minimum atomic E-state index is -1.21. The second-order valence-electron chi connectivity index (χ2n) is 3.45. The second kappa shape index (κ2) is 6.69. The Balaban J connectivity index is 2.56. The molecule has 0 aliphatic heterocycles. The van der Waals surface area contributed by atoms with E-state index in [1.807, 2.05) is 5.32 Å². The van der Waals surface area contributed by atoms with Crippen molar-refractivity contribution in [3.63, 3.8) is 0 Å². The second-order valence-corrected chi connectivity index (χ2v) is 3.86. The molecule has 0 saturated heterocycles. The predicted molar refractivity (Wildman–Crippen MR) is 64.4 cm³/mol. The number of nitrogens with one attached hydrogen (secondary N) is 2. The Morgan fingerprint density at radius 1 is 1.21 bits per heavy atom. The zero-order chi connectivity index (χ0) is 14.4. The molecule has 0 atom stereocenters. The highest BCUT2D eigenvalue weighted by atomic mass is 35.5. The van der Waals surface area contributed by atoms with Crippen molar-refractivity contribution in [3.05, 3.63) is 34.6 Å². The Bertz CT molecular complexity index is 501. The summed E-state index contributed by atoms with van der Waals surface area (Å²) in [5.74, 6) is -3.58. The van der Waals surface area contributed by atoms with Crippen LogP contribution in [0.3, 0.4) is 0 Å². The average Bonchev–Trinajstić information content (AvgIpc) is 2.33. The van der Waals surface area contributed by atoms with Gasteiger partial charge in [0, 0.05) is 0 Å². The Labute approximate surface area is 112 Å². The largest absolute Gasteiger partial charge is 0.480 e. The minimum Gasteiger partial charge on any atom is -0.480 e. The zero-order valence-corrected chi connectivity index (χ0v) is 10.3. The zero-order valence-electron chi connectivity index (χ0n) is 9.57. The van der Waals surface area contributed by atoms with Crippen LogP contribution in [0.1, 0.15) is 10.4 Å². The Hall–Kier alpha value is -2.15. The van der Waals surface area contributed by atoms with Gasteiger partial charge in [-0.3, -0.25) is 14.4 Å². The van der Waals surface area contributed by atoms with Crippen LogP contribution in [0.25, 0.3) is 0 Å². The van der Waals surface area contributed by atoms with Crippen LogP contribution in [0.15, 0.2) is 18.2 Å².